The number of aliphatic hydroxyl groups is 1. The van der Waals surface area contributed by atoms with Crippen molar-refractivity contribution < 1.29 is 23.4 Å². The highest BCUT2D eigenvalue weighted by atomic mass is 35.5. The zero-order chi connectivity index (χ0) is 16.1. The van der Waals surface area contributed by atoms with Crippen LogP contribution in [0.15, 0.2) is 48.5 Å². The minimum absolute atomic E-state index is 0.0121. The Morgan fingerprint density at radius 2 is 1.86 bits per heavy atom. The van der Waals surface area contributed by atoms with E-state index in [1.807, 2.05) is 0 Å². The first-order valence-electron chi connectivity index (χ1n) is 6.25. The van der Waals surface area contributed by atoms with E-state index in [-0.39, 0.29) is 16.5 Å². The van der Waals surface area contributed by atoms with Crippen LogP contribution in [0, 0.1) is 0 Å². The minimum atomic E-state index is -3.03. The second kappa shape index (κ2) is 7.20. The van der Waals surface area contributed by atoms with Crippen LogP contribution in [0.1, 0.15) is 11.7 Å². The van der Waals surface area contributed by atoms with Crippen LogP contribution in [-0.4, -0.2) is 17.6 Å². The first-order chi connectivity index (χ1) is 10.5. The predicted molar refractivity (Wildman–Crippen MR) is 78.1 cm³/mol. The number of rotatable bonds is 5. The largest absolute Gasteiger partial charge is 0.433 e. The Bertz CT molecular complexity index is 652. The molecule has 0 aliphatic carbocycles. The van der Waals surface area contributed by atoms with Gasteiger partial charge in [0.1, 0.15) is 5.75 Å². The smallest absolute Gasteiger partial charge is 0.387 e. The summed E-state index contributed by atoms with van der Waals surface area (Å²) in [7, 11) is 0. The maximum absolute atomic E-state index is 12.2. The Balaban J connectivity index is 2.11. The van der Waals surface area contributed by atoms with Crippen molar-refractivity contribution in [1.29, 1.82) is 0 Å². The molecule has 0 aliphatic rings. The molecule has 1 unspecified atom stereocenters. The summed E-state index contributed by atoms with van der Waals surface area (Å²) in [6.07, 6.45) is -1.38. The average molecular weight is 328 g/mol. The lowest BCUT2D eigenvalue weighted by Gasteiger charge is -2.13. The Hall–Kier alpha value is -2.18. The summed E-state index contributed by atoms with van der Waals surface area (Å²) in [5.74, 6) is -0.958. The van der Waals surface area contributed by atoms with Gasteiger partial charge in [-0.3, -0.25) is 4.79 Å². The Morgan fingerprint density at radius 1 is 1.18 bits per heavy atom. The van der Waals surface area contributed by atoms with Crippen LogP contribution in [-0.2, 0) is 4.79 Å². The van der Waals surface area contributed by atoms with Crippen LogP contribution in [0.2, 0.25) is 5.02 Å². The molecule has 2 aromatic carbocycles. The summed E-state index contributed by atoms with van der Waals surface area (Å²) in [5, 5.41) is 12.3. The molecule has 0 spiro atoms. The molecule has 1 amide bonds. The summed E-state index contributed by atoms with van der Waals surface area (Å²) < 4.78 is 28.7. The highest BCUT2D eigenvalue weighted by Crippen LogP contribution is 2.29. The van der Waals surface area contributed by atoms with E-state index < -0.39 is 18.6 Å². The molecule has 0 aliphatic heterocycles. The molecule has 0 heterocycles. The molecule has 7 heteroatoms. The van der Waals surface area contributed by atoms with Gasteiger partial charge in [-0.05, 0) is 17.7 Å². The third kappa shape index (κ3) is 4.16. The Morgan fingerprint density at radius 3 is 2.50 bits per heavy atom. The van der Waals surface area contributed by atoms with E-state index in [9.17, 15) is 18.7 Å². The number of nitrogens with one attached hydrogen (secondary N) is 1. The Labute approximate surface area is 130 Å². The van der Waals surface area contributed by atoms with Crippen LogP contribution in [0.4, 0.5) is 14.5 Å². The summed E-state index contributed by atoms with van der Waals surface area (Å²) in [6, 6.07) is 12.2. The van der Waals surface area contributed by atoms with Crippen molar-refractivity contribution in [3.8, 4) is 5.75 Å². The third-order valence-electron chi connectivity index (χ3n) is 2.78. The van der Waals surface area contributed by atoms with Crippen molar-refractivity contribution in [3.05, 3.63) is 59.1 Å². The maximum atomic E-state index is 12.2. The van der Waals surface area contributed by atoms with E-state index in [1.165, 1.54) is 12.1 Å². The van der Waals surface area contributed by atoms with Crippen molar-refractivity contribution in [3.63, 3.8) is 0 Å². The topological polar surface area (TPSA) is 58.6 Å². The minimum Gasteiger partial charge on any atom is -0.433 e. The fraction of sp³-hybridized carbons (Fsp3) is 0.133. The quantitative estimate of drug-likeness (QED) is 0.882. The van der Waals surface area contributed by atoms with Crippen LogP contribution >= 0.6 is 11.6 Å². The van der Waals surface area contributed by atoms with Crippen LogP contribution < -0.4 is 10.1 Å². The zero-order valence-electron chi connectivity index (χ0n) is 11.2. The molecule has 0 fully saturated rings. The van der Waals surface area contributed by atoms with Gasteiger partial charge in [0.15, 0.2) is 6.10 Å². The van der Waals surface area contributed by atoms with E-state index in [2.05, 4.69) is 10.1 Å². The van der Waals surface area contributed by atoms with Gasteiger partial charge in [-0.15, -0.1) is 0 Å². The summed E-state index contributed by atoms with van der Waals surface area (Å²) in [6.45, 7) is -3.03. The lowest BCUT2D eigenvalue weighted by atomic mass is 10.1. The molecule has 4 nitrogen and oxygen atoms in total. The Kier molecular flexibility index (Phi) is 5.30. The highest BCUT2D eigenvalue weighted by molar-refractivity contribution is 6.32. The molecule has 22 heavy (non-hydrogen) atoms. The summed E-state index contributed by atoms with van der Waals surface area (Å²) in [5.41, 5.74) is 0.595. The van der Waals surface area contributed by atoms with Gasteiger partial charge >= 0.3 is 6.61 Å². The number of hydrogen-bond donors (Lipinski definition) is 2. The molecule has 2 aromatic rings. The predicted octanol–water partition coefficient (Wildman–Crippen LogP) is 3.61. The summed E-state index contributed by atoms with van der Waals surface area (Å²) in [4.78, 5) is 11.9. The number of halogens is 3. The van der Waals surface area contributed by atoms with Gasteiger partial charge < -0.3 is 15.2 Å². The zero-order valence-corrected chi connectivity index (χ0v) is 11.9. The SMILES string of the molecule is O=C(Nc1ccc(Cl)c(OC(F)F)c1)C(O)c1ccccc1. The number of carbonyl (C=O) groups is 1. The number of aliphatic hydroxyl groups excluding tert-OH is 1. The standard InChI is InChI=1S/C15H12ClF2NO3/c16-11-7-6-10(8-12(11)22-15(17)18)19-14(21)13(20)9-4-2-1-3-5-9/h1-8,13,15,20H,(H,19,21). The number of ether oxygens (including phenoxy) is 1. The molecule has 0 aromatic heterocycles. The first kappa shape index (κ1) is 16.2. The number of benzene rings is 2. The lowest BCUT2D eigenvalue weighted by Crippen LogP contribution is -2.20. The van der Waals surface area contributed by atoms with Gasteiger partial charge in [0, 0.05) is 11.8 Å². The fourth-order valence-electron chi connectivity index (χ4n) is 1.76. The van der Waals surface area contributed by atoms with Crippen LogP contribution in [0.5, 0.6) is 5.75 Å². The fourth-order valence-corrected chi connectivity index (χ4v) is 1.93. The highest BCUT2D eigenvalue weighted by Gasteiger charge is 2.18. The number of anilines is 1. The van der Waals surface area contributed by atoms with Gasteiger partial charge in [-0.1, -0.05) is 41.9 Å². The number of alkyl halides is 2. The molecule has 0 saturated heterocycles. The van der Waals surface area contributed by atoms with Crippen molar-refractivity contribution in [2.75, 3.05) is 5.32 Å². The second-order valence-corrected chi connectivity index (χ2v) is 4.73. The molecule has 2 N–H and O–H groups in total. The van der Waals surface area contributed by atoms with E-state index in [4.69, 9.17) is 11.6 Å². The van der Waals surface area contributed by atoms with Crippen molar-refractivity contribution in [2.24, 2.45) is 0 Å². The van der Waals surface area contributed by atoms with Gasteiger partial charge in [-0.25, -0.2) is 0 Å². The number of amides is 1. The average Bonchev–Trinajstić information content (AvgIpc) is 2.50. The first-order valence-corrected chi connectivity index (χ1v) is 6.63. The lowest BCUT2D eigenvalue weighted by molar-refractivity contribution is -0.124. The van der Waals surface area contributed by atoms with Crippen LogP contribution in [0.3, 0.4) is 0 Å². The van der Waals surface area contributed by atoms with Crippen molar-refractivity contribution in [1.82, 2.24) is 0 Å². The van der Waals surface area contributed by atoms with Gasteiger partial charge in [-0.2, -0.15) is 8.78 Å². The maximum Gasteiger partial charge on any atom is 0.387 e. The normalized spacial score (nSPS) is 12.0. The number of carbonyl (C=O) groups excluding carboxylic acids is 1. The van der Waals surface area contributed by atoms with Gasteiger partial charge in [0.05, 0.1) is 5.02 Å². The second-order valence-electron chi connectivity index (χ2n) is 4.33. The molecule has 0 bridgehead atoms. The van der Waals surface area contributed by atoms with E-state index in [0.29, 0.717) is 5.56 Å². The molecular weight excluding hydrogens is 316 g/mol. The molecule has 0 radical (unpaired) electrons. The molecule has 2 rings (SSSR count). The van der Waals surface area contributed by atoms with E-state index in [1.54, 1.807) is 30.3 Å². The van der Waals surface area contributed by atoms with Crippen molar-refractivity contribution in [2.45, 2.75) is 12.7 Å². The third-order valence-corrected chi connectivity index (χ3v) is 3.09. The van der Waals surface area contributed by atoms with E-state index in [0.717, 1.165) is 6.07 Å². The summed E-state index contributed by atoms with van der Waals surface area (Å²) >= 11 is 5.71. The molecule has 116 valence electrons. The number of hydrogen-bond acceptors (Lipinski definition) is 3. The molecular formula is C15H12ClF2NO3. The molecule has 0 saturated carbocycles. The van der Waals surface area contributed by atoms with E-state index >= 15 is 0 Å². The van der Waals surface area contributed by atoms with Crippen molar-refractivity contribution >= 4 is 23.2 Å². The monoisotopic (exact) mass is 327 g/mol. The van der Waals surface area contributed by atoms with Gasteiger partial charge in [0.25, 0.3) is 5.91 Å². The van der Waals surface area contributed by atoms with Crippen LogP contribution in [0.25, 0.3) is 0 Å². The van der Waals surface area contributed by atoms with Gasteiger partial charge in [0.2, 0.25) is 0 Å². The molecule has 1 atom stereocenters.